The Labute approximate surface area is 119 Å². The van der Waals surface area contributed by atoms with Gasteiger partial charge in [0.15, 0.2) is 0 Å². The third kappa shape index (κ3) is 3.04. The van der Waals surface area contributed by atoms with Crippen LogP contribution in [0.4, 0.5) is 5.69 Å². The minimum Gasteiger partial charge on any atom is -0.380 e. The zero-order chi connectivity index (χ0) is 13.0. The van der Waals surface area contributed by atoms with Gasteiger partial charge in [-0.05, 0) is 45.8 Å². The molecule has 18 heavy (non-hydrogen) atoms. The molecule has 2 aromatic rings. The van der Waals surface area contributed by atoms with E-state index in [0.717, 1.165) is 20.7 Å². The first-order valence-corrected chi connectivity index (χ1v) is 6.55. The van der Waals surface area contributed by atoms with E-state index in [-0.39, 0.29) is 0 Å². The molecular formula is C14H10BrClN2. The molecule has 0 unspecified atom stereocenters. The summed E-state index contributed by atoms with van der Waals surface area (Å²) in [6.45, 7) is 0.643. The Kier molecular flexibility index (Phi) is 4.24. The van der Waals surface area contributed by atoms with Crippen molar-refractivity contribution in [1.29, 1.82) is 5.26 Å². The molecule has 0 saturated carbocycles. The van der Waals surface area contributed by atoms with Gasteiger partial charge in [-0.25, -0.2) is 0 Å². The van der Waals surface area contributed by atoms with Gasteiger partial charge in [0.1, 0.15) is 0 Å². The molecule has 0 aliphatic heterocycles. The lowest BCUT2D eigenvalue weighted by molar-refractivity contribution is 1.15. The highest BCUT2D eigenvalue weighted by Gasteiger charge is 2.03. The number of nitriles is 1. The van der Waals surface area contributed by atoms with E-state index in [4.69, 9.17) is 16.9 Å². The fourth-order valence-electron chi connectivity index (χ4n) is 1.56. The Balaban J connectivity index is 2.12. The maximum Gasteiger partial charge on any atom is 0.0992 e. The molecule has 0 aliphatic carbocycles. The lowest BCUT2D eigenvalue weighted by atomic mass is 10.2. The molecular weight excluding hydrogens is 312 g/mol. The predicted octanol–water partition coefficient (Wildman–Crippen LogP) is 4.59. The van der Waals surface area contributed by atoms with E-state index >= 15 is 0 Å². The van der Waals surface area contributed by atoms with Crippen LogP contribution in [0.5, 0.6) is 0 Å². The molecule has 0 aromatic heterocycles. The topological polar surface area (TPSA) is 35.8 Å². The van der Waals surface area contributed by atoms with Crippen molar-refractivity contribution in [3.63, 3.8) is 0 Å². The number of halogens is 2. The number of nitrogens with zero attached hydrogens (tertiary/aromatic N) is 1. The third-order valence-electron chi connectivity index (χ3n) is 2.53. The van der Waals surface area contributed by atoms with Crippen molar-refractivity contribution >= 4 is 33.2 Å². The standard InChI is InChI=1S/C14H10BrClN2/c15-12-7-10(8-17)5-6-14(12)18-9-11-3-1-2-4-13(11)16/h1-7,18H,9H2. The SMILES string of the molecule is N#Cc1ccc(NCc2ccccc2Cl)c(Br)c1. The summed E-state index contributed by atoms with van der Waals surface area (Å²) < 4.78 is 0.869. The summed E-state index contributed by atoms with van der Waals surface area (Å²) in [4.78, 5) is 0. The predicted molar refractivity (Wildman–Crippen MR) is 77.6 cm³/mol. The van der Waals surface area contributed by atoms with Crippen LogP contribution in [-0.4, -0.2) is 0 Å². The van der Waals surface area contributed by atoms with Crippen molar-refractivity contribution < 1.29 is 0 Å². The first-order chi connectivity index (χ1) is 8.70. The molecule has 4 heteroatoms. The molecule has 0 radical (unpaired) electrons. The Morgan fingerprint density at radius 2 is 2.00 bits per heavy atom. The molecule has 0 bridgehead atoms. The molecule has 0 atom stereocenters. The summed E-state index contributed by atoms with van der Waals surface area (Å²) in [7, 11) is 0. The van der Waals surface area contributed by atoms with Crippen LogP contribution in [0.15, 0.2) is 46.9 Å². The third-order valence-corrected chi connectivity index (χ3v) is 3.55. The zero-order valence-electron chi connectivity index (χ0n) is 9.45. The van der Waals surface area contributed by atoms with Gasteiger partial charge in [-0.3, -0.25) is 0 Å². The van der Waals surface area contributed by atoms with E-state index in [1.54, 1.807) is 12.1 Å². The number of benzene rings is 2. The molecule has 2 rings (SSSR count). The van der Waals surface area contributed by atoms with E-state index in [9.17, 15) is 0 Å². The van der Waals surface area contributed by atoms with Gasteiger partial charge in [0.25, 0.3) is 0 Å². The number of rotatable bonds is 3. The summed E-state index contributed by atoms with van der Waals surface area (Å²) in [5.41, 5.74) is 2.61. The molecule has 0 amide bonds. The molecule has 0 spiro atoms. The summed E-state index contributed by atoms with van der Waals surface area (Å²) in [5, 5.41) is 12.8. The van der Waals surface area contributed by atoms with Crippen molar-refractivity contribution in [2.45, 2.75) is 6.54 Å². The number of anilines is 1. The summed E-state index contributed by atoms with van der Waals surface area (Å²) in [6.07, 6.45) is 0. The van der Waals surface area contributed by atoms with Gasteiger partial charge >= 0.3 is 0 Å². The molecule has 0 fully saturated rings. The number of hydrogen-bond acceptors (Lipinski definition) is 2. The molecule has 90 valence electrons. The van der Waals surface area contributed by atoms with Gasteiger partial charge in [0, 0.05) is 21.7 Å². The fourth-order valence-corrected chi connectivity index (χ4v) is 2.28. The van der Waals surface area contributed by atoms with E-state index < -0.39 is 0 Å². The highest BCUT2D eigenvalue weighted by Crippen LogP contribution is 2.25. The molecule has 2 nitrogen and oxygen atoms in total. The lowest BCUT2D eigenvalue weighted by Crippen LogP contribution is -2.00. The van der Waals surface area contributed by atoms with Crippen LogP contribution < -0.4 is 5.32 Å². The van der Waals surface area contributed by atoms with Crippen LogP contribution in [0, 0.1) is 11.3 Å². The fraction of sp³-hybridized carbons (Fsp3) is 0.0714. The van der Waals surface area contributed by atoms with Gasteiger partial charge in [-0.2, -0.15) is 5.26 Å². The van der Waals surface area contributed by atoms with Crippen LogP contribution in [-0.2, 0) is 6.54 Å². The molecule has 2 aromatic carbocycles. The van der Waals surface area contributed by atoms with E-state index in [1.807, 2.05) is 30.3 Å². The maximum atomic E-state index is 8.79. The van der Waals surface area contributed by atoms with Crippen LogP contribution in [0.3, 0.4) is 0 Å². The molecule has 0 saturated heterocycles. The van der Waals surface area contributed by atoms with Gasteiger partial charge in [0.2, 0.25) is 0 Å². The van der Waals surface area contributed by atoms with Crippen molar-refractivity contribution in [2.24, 2.45) is 0 Å². The second kappa shape index (κ2) is 5.90. The average molecular weight is 322 g/mol. The van der Waals surface area contributed by atoms with Crippen molar-refractivity contribution in [3.05, 3.63) is 63.1 Å². The number of nitrogens with one attached hydrogen (secondary N) is 1. The minimum absolute atomic E-state index is 0.630. The van der Waals surface area contributed by atoms with E-state index in [2.05, 4.69) is 27.3 Å². The van der Waals surface area contributed by atoms with Crippen LogP contribution >= 0.6 is 27.5 Å². The lowest BCUT2D eigenvalue weighted by Gasteiger charge is -2.09. The van der Waals surface area contributed by atoms with E-state index in [1.165, 1.54) is 0 Å². The van der Waals surface area contributed by atoms with Crippen molar-refractivity contribution in [2.75, 3.05) is 5.32 Å². The second-order valence-electron chi connectivity index (χ2n) is 3.75. The largest absolute Gasteiger partial charge is 0.380 e. The molecule has 0 heterocycles. The number of hydrogen-bond donors (Lipinski definition) is 1. The van der Waals surface area contributed by atoms with Gasteiger partial charge in [-0.1, -0.05) is 29.8 Å². The Morgan fingerprint density at radius 3 is 2.67 bits per heavy atom. The highest BCUT2D eigenvalue weighted by atomic mass is 79.9. The van der Waals surface area contributed by atoms with E-state index in [0.29, 0.717) is 12.1 Å². The Morgan fingerprint density at radius 1 is 1.22 bits per heavy atom. The summed E-state index contributed by atoms with van der Waals surface area (Å²) in [5.74, 6) is 0. The normalized spacial score (nSPS) is 9.83. The summed E-state index contributed by atoms with van der Waals surface area (Å²) in [6, 6.07) is 15.2. The quantitative estimate of drug-likeness (QED) is 0.897. The van der Waals surface area contributed by atoms with Gasteiger partial charge in [-0.15, -0.1) is 0 Å². The van der Waals surface area contributed by atoms with Crippen LogP contribution in [0.1, 0.15) is 11.1 Å². The van der Waals surface area contributed by atoms with Crippen LogP contribution in [0.25, 0.3) is 0 Å². The minimum atomic E-state index is 0.630. The first kappa shape index (κ1) is 12.9. The second-order valence-corrected chi connectivity index (χ2v) is 5.01. The highest BCUT2D eigenvalue weighted by molar-refractivity contribution is 9.10. The summed E-state index contributed by atoms with van der Waals surface area (Å²) >= 11 is 9.52. The Bertz CT molecular complexity index is 605. The molecule has 0 aliphatic rings. The van der Waals surface area contributed by atoms with Crippen molar-refractivity contribution in [1.82, 2.24) is 0 Å². The van der Waals surface area contributed by atoms with Crippen LogP contribution in [0.2, 0.25) is 5.02 Å². The monoisotopic (exact) mass is 320 g/mol. The smallest absolute Gasteiger partial charge is 0.0992 e. The Hall–Kier alpha value is -1.50. The average Bonchev–Trinajstić information content (AvgIpc) is 2.39. The maximum absolute atomic E-state index is 8.79. The molecule has 1 N–H and O–H groups in total. The zero-order valence-corrected chi connectivity index (χ0v) is 11.8. The van der Waals surface area contributed by atoms with Gasteiger partial charge in [0.05, 0.1) is 11.6 Å². The van der Waals surface area contributed by atoms with Crippen molar-refractivity contribution in [3.8, 4) is 6.07 Å². The van der Waals surface area contributed by atoms with Gasteiger partial charge < -0.3 is 5.32 Å². The first-order valence-electron chi connectivity index (χ1n) is 5.37.